The molecule has 1 fully saturated rings. The molecule has 4 nitrogen and oxygen atoms in total. The van der Waals surface area contributed by atoms with Crippen LogP contribution in [0.3, 0.4) is 0 Å². The smallest absolute Gasteiger partial charge is 0.253 e. The lowest BCUT2D eigenvalue weighted by Gasteiger charge is -2.18. The molecule has 0 bridgehead atoms. The molecule has 2 N–H and O–H groups in total. The van der Waals surface area contributed by atoms with Gasteiger partial charge in [-0.2, -0.15) is 4.31 Å². The van der Waals surface area contributed by atoms with Gasteiger partial charge in [-0.3, -0.25) is 0 Å². The van der Waals surface area contributed by atoms with Crippen LogP contribution in [0.15, 0.2) is 10.3 Å². The van der Waals surface area contributed by atoms with Crippen LogP contribution in [-0.2, 0) is 16.6 Å². The molecule has 6 heteroatoms. The van der Waals surface area contributed by atoms with Gasteiger partial charge >= 0.3 is 0 Å². The van der Waals surface area contributed by atoms with Gasteiger partial charge in [0.25, 0.3) is 10.0 Å². The zero-order chi connectivity index (χ0) is 14.0. The van der Waals surface area contributed by atoms with Crippen LogP contribution in [0.1, 0.15) is 23.3 Å². The highest BCUT2D eigenvalue weighted by Gasteiger charge is 2.32. The molecule has 0 aromatic carbocycles. The van der Waals surface area contributed by atoms with E-state index in [1.54, 1.807) is 6.07 Å². The first-order valence-corrected chi connectivity index (χ1v) is 8.47. The monoisotopic (exact) mass is 298 g/mol. The molecule has 0 atom stereocenters. The van der Waals surface area contributed by atoms with E-state index >= 15 is 0 Å². The van der Waals surface area contributed by atoms with Gasteiger partial charge in [0.15, 0.2) is 0 Å². The molecular formula is C13H18N2O2S2. The second-order valence-corrected chi connectivity index (χ2v) is 8.12. The lowest BCUT2D eigenvalue weighted by molar-refractivity contribution is 0.431. The van der Waals surface area contributed by atoms with Gasteiger partial charge in [-0.25, -0.2) is 8.42 Å². The molecule has 1 aliphatic rings. The first-order chi connectivity index (χ1) is 8.98. The molecule has 19 heavy (non-hydrogen) atoms. The molecule has 1 saturated carbocycles. The van der Waals surface area contributed by atoms with Crippen molar-refractivity contribution < 1.29 is 8.42 Å². The summed E-state index contributed by atoms with van der Waals surface area (Å²) < 4.78 is 26.9. The molecule has 0 unspecified atom stereocenters. The van der Waals surface area contributed by atoms with Crippen molar-refractivity contribution in [2.24, 2.45) is 11.7 Å². The van der Waals surface area contributed by atoms with Crippen molar-refractivity contribution in [1.29, 1.82) is 0 Å². The summed E-state index contributed by atoms with van der Waals surface area (Å²) in [6, 6.07) is 1.69. The van der Waals surface area contributed by atoms with Gasteiger partial charge in [-0.1, -0.05) is 5.92 Å². The summed E-state index contributed by atoms with van der Waals surface area (Å²) in [5.41, 5.74) is 6.53. The van der Waals surface area contributed by atoms with Crippen LogP contribution >= 0.6 is 11.3 Å². The molecule has 2 rings (SSSR count). The van der Waals surface area contributed by atoms with Crippen LogP contribution in [0, 0.1) is 25.2 Å². The van der Waals surface area contributed by atoms with Crippen LogP contribution in [0.2, 0.25) is 0 Å². The molecule has 1 aromatic heterocycles. The second kappa shape index (κ2) is 5.63. The Balaban J connectivity index is 2.29. The van der Waals surface area contributed by atoms with Crippen LogP contribution in [-0.4, -0.2) is 25.8 Å². The van der Waals surface area contributed by atoms with Gasteiger partial charge in [0.2, 0.25) is 0 Å². The van der Waals surface area contributed by atoms with E-state index in [-0.39, 0.29) is 6.54 Å². The van der Waals surface area contributed by atoms with Gasteiger partial charge in [0.1, 0.15) is 4.21 Å². The highest BCUT2D eigenvalue weighted by Crippen LogP contribution is 2.33. The molecule has 0 saturated heterocycles. The zero-order valence-electron chi connectivity index (χ0n) is 10.9. The maximum atomic E-state index is 12.6. The van der Waals surface area contributed by atoms with Crippen molar-refractivity contribution in [3.63, 3.8) is 0 Å². The molecule has 104 valence electrons. The minimum atomic E-state index is -3.48. The van der Waals surface area contributed by atoms with Crippen molar-refractivity contribution in [3.8, 4) is 12.3 Å². The van der Waals surface area contributed by atoms with Crippen LogP contribution in [0.5, 0.6) is 0 Å². The lowest BCUT2D eigenvalue weighted by atomic mass is 10.3. The molecule has 0 spiro atoms. The third kappa shape index (κ3) is 3.18. The predicted octanol–water partition coefficient (Wildman–Crippen LogP) is 1.55. The van der Waals surface area contributed by atoms with Gasteiger partial charge in [0, 0.05) is 18.0 Å². The number of terminal acetylenes is 1. The minimum Gasteiger partial charge on any atom is -0.326 e. The fraction of sp³-hybridized carbons (Fsp3) is 0.538. The number of hydrogen-bond donors (Lipinski definition) is 1. The van der Waals surface area contributed by atoms with E-state index in [1.165, 1.54) is 15.6 Å². The Labute approximate surface area is 118 Å². The molecule has 0 radical (unpaired) electrons. The number of nitrogens with zero attached hydrogens (tertiary/aromatic N) is 1. The molecular weight excluding hydrogens is 280 g/mol. The Bertz CT molecular complexity index is 595. The standard InChI is InChI=1S/C13H18N2O2S2/c1-3-6-15(9-11-4-5-11)19(16,17)13-7-10(2)12(8-14)18-13/h1,7,11H,4-6,8-9,14H2,2H3. The first-order valence-electron chi connectivity index (χ1n) is 6.22. The highest BCUT2D eigenvalue weighted by molar-refractivity contribution is 7.91. The molecule has 0 aliphatic heterocycles. The van der Waals surface area contributed by atoms with E-state index in [0.717, 1.165) is 23.3 Å². The number of hydrogen-bond acceptors (Lipinski definition) is 4. The van der Waals surface area contributed by atoms with E-state index in [4.69, 9.17) is 12.2 Å². The van der Waals surface area contributed by atoms with Crippen LogP contribution in [0.4, 0.5) is 0 Å². The van der Waals surface area contributed by atoms with Crippen LogP contribution < -0.4 is 5.73 Å². The molecule has 1 heterocycles. The summed E-state index contributed by atoms with van der Waals surface area (Å²) in [5, 5.41) is 0. The Kier molecular flexibility index (Phi) is 4.31. The van der Waals surface area contributed by atoms with E-state index < -0.39 is 10.0 Å². The Hall–Kier alpha value is -0.870. The SMILES string of the molecule is C#CCN(CC1CC1)S(=O)(=O)c1cc(C)c(CN)s1. The van der Waals surface area contributed by atoms with Crippen molar-refractivity contribution in [3.05, 3.63) is 16.5 Å². The van der Waals surface area contributed by atoms with E-state index in [0.29, 0.717) is 23.2 Å². The number of sulfonamides is 1. The van der Waals surface area contributed by atoms with E-state index in [2.05, 4.69) is 5.92 Å². The maximum Gasteiger partial charge on any atom is 0.253 e. The summed E-state index contributed by atoms with van der Waals surface area (Å²) in [4.78, 5) is 0.908. The average Bonchev–Trinajstić information content (AvgIpc) is 3.09. The predicted molar refractivity (Wildman–Crippen MR) is 77.3 cm³/mol. The van der Waals surface area contributed by atoms with Gasteiger partial charge < -0.3 is 5.73 Å². The third-order valence-electron chi connectivity index (χ3n) is 3.20. The van der Waals surface area contributed by atoms with Crippen molar-refractivity contribution >= 4 is 21.4 Å². The highest BCUT2D eigenvalue weighted by atomic mass is 32.2. The Morgan fingerprint density at radius 2 is 2.26 bits per heavy atom. The molecule has 1 aromatic rings. The van der Waals surface area contributed by atoms with Crippen molar-refractivity contribution in [2.75, 3.05) is 13.1 Å². The van der Waals surface area contributed by atoms with Crippen molar-refractivity contribution in [2.45, 2.75) is 30.5 Å². The third-order valence-corrected chi connectivity index (χ3v) is 6.72. The topological polar surface area (TPSA) is 63.4 Å². The molecule has 1 aliphatic carbocycles. The first kappa shape index (κ1) is 14.5. The van der Waals surface area contributed by atoms with E-state index in [9.17, 15) is 8.42 Å². The van der Waals surface area contributed by atoms with Gasteiger partial charge in [-0.05, 0) is 37.3 Å². The average molecular weight is 298 g/mol. The number of thiophene rings is 1. The number of aryl methyl sites for hydroxylation is 1. The van der Waals surface area contributed by atoms with E-state index in [1.807, 2.05) is 6.92 Å². The minimum absolute atomic E-state index is 0.133. The summed E-state index contributed by atoms with van der Waals surface area (Å²) in [5.74, 6) is 2.91. The quantitative estimate of drug-likeness (QED) is 0.811. The Morgan fingerprint density at radius 1 is 1.58 bits per heavy atom. The number of nitrogens with two attached hydrogens (primary N) is 1. The molecule has 0 amide bonds. The normalized spacial score (nSPS) is 15.7. The van der Waals surface area contributed by atoms with Crippen LogP contribution in [0.25, 0.3) is 0 Å². The fourth-order valence-corrected chi connectivity index (χ4v) is 4.94. The zero-order valence-corrected chi connectivity index (χ0v) is 12.6. The summed E-state index contributed by atoms with van der Waals surface area (Å²) in [6.07, 6.45) is 7.47. The van der Waals surface area contributed by atoms with Gasteiger partial charge in [-0.15, -0.1) is 17.8 Å². The maximum absolute atomic E-state index is 12.6. The lowest BCUT2D eigenvalue weighted by Crippen LogP contribution is -2.32. The second-order valence-electron chi connectivity index (χ2n) is 4.82. The summed E-state index contributed by atoms with van der Waals surface area (Å²) in [6.45, 7) is 2.91. The van der Waals surface area contributed by atoms with Crippen molar-refractivity contribution in [1.82, 2.24) is 4.31 Å². The summed E-state index contributed by atoms with van der Waals surface area (Å²) in [7, 11) is -3.48. The summed E-state index contributed by atoms with van der Waals surface area (Å²) >= 11 is 1.24. The van der Waals surface area contributed by atoms with Gasteiger partial charge in [0.05, 0.1) is 6.54 Å². The largest absolute Gasteiger partial charge is 0.326 e. The Morgan fingerprint density at radius 3 is 2.74 bits per heavy atom. The number of rotatable bonds is 6. The fourth-order valence-electron chi connectivity index (χ4n) is 1.88.